The van der Waals surface area contributed by atoms with Crippen molar-refractivity contribution in [1.29, 1.82) is 0 Å². The van der Waals surface area contributed by atoms with Gasteiger partial charge in [-0.05, 0) is 45.0 Å². The predicted octanol–water partition coefficient (Wildman–Crippen LogP) is 3.90. The van der Waals surface area contributed by atoms with Crippen molar-refractivity contribution in [2.45, 2.75) is 20.8 Å². The highest BCUT2D eigenvalue weighted by atomic mass is 16.5. The number of aromatic nitrogens is 2. The van der Waals surface area contributed by atoms with E-state index in [4.69, 9.17) is 4.74 Å². The van der Waals surface area contributed by atoms with E-state index in [1.54, 1.807) is 24.6 Å². The van der Waals surface area contributed by atoms with Gasteiger partial charge in [-0.15, -0.1) is 0 Å². The number of amides is 1. The Morgan fingerprint density at radius 3 is 2.53 bits per heavy atom. The average Bonchev–Trinajstić information content (AvgIpc) is 3.10. The molecule has 2 N–H and O–H groups in total. The van der Waals surface area contributed by atoms with E-state index in [1.807, 2.05) is 55.5 Å². The van der Waals surface area contributed by atoms with E-state index in [9.17, 15) is 9.59 Å². The van der Waals surface area contributed by atoms with Gasteiger partial charge in [-0.1, -0.05) is 30.3 Å². The molecule has 8 heteroatoms. The Morgan fingerprint density at radius 1 is 1.06 bits per heavy atom. The molecule has 1 aliphatic heterocycles. The lowest BCUT2D eigenvalue weighted by atomic mass is 10.1. The summed E-state index contributed by atoms with van der Waals surface area (Å²) < 4.78 is 6.91. The molecule has 4 rings (SSSR count). The highest BCUT2D eigenvalue weighted by molar-refractivity contribution is 6.25. The zero-order valence-electron chi connectivity index (χ0n) is 18.0. The Morgan fingerprint density at radius 2 is 1.78 bits per heavy atom. The van der Waals surface area contributed by atoms with Gasteiger partial charge in [0.05, 0.1) is 41.1 Å². The van der Waals surface area contributed by atoms with Crippen molar-refractivity contribution in [2.24, 2.45) is 4.99 Å². The van der Waals surface area contributed by atoms with Crippen molar-refractivity contribution in [3.8, 4) is 5.69 Å². The van der Waals surface area contributed by atoms with Gasteiger partial charge < -0.3 is 15.4 Å². The van der Waals surface area contributed by atoms with Gasteiger partial charge in [0.2, 0.25) is 0 Å². The van der Waals surface area contributed by atoms with Crippen LogP contribution >= 0.6 is 0 Å². The summed E-state index contributed by atoms with van der Waals surface area (Å²) in [5.74, 6) is -0.867. The predicted molar refractivity (Wildman–Crippen MR) is 122 cm³/mol. The number of hydrogen-bond acceptors (Lipinski definition) is 6. The SMILES string of the molecule is CCOC(=O)C1=C(C)Nc2ccccc2N=C1NC(=O)c1cnn(-c2ccccc2)c1C. The second-order valence-electron chi connectivity index (χ2n) is 7.17. The lowest BCUT2D eigenvalue weighted by molar-refractivity contribution is -0.137. The Labute approximate surface area is 185 Å². The molecule has 1 amide bonds. The minimum atomic E-state index is -0.568. The lowest BCUT2D eigenvalue weighted by Gasteiger charge is -2.13. The quantitative estimate of drug-likeness (QED) is 0.613. The third kappa shape index (κ3) is 4.02. The molecular weight excluding hydrogens is 406 g/mol. The van der Waals surface area contributed by atoms with Gasteiger partial charge in [-0.25, -0.2) is 14.5 Å². The third-order valence-electron chi connectivity index (χ3n) is 5.04. The van der Waals surface area contributed by atoms with Crippen LogP contribution in [0.5, 0.6) is 0 Å². The summed E-state index contributed by atoms with van der Waals surface area (Å²) in [5.41, 5.74) is 3.91. The number of nitrogens with one attached hydrogen (secondary N) is 2. The van der Waals surface area contributed by atoms with Gasteiger partial charge in [0, 0.05) is 5.70 Å². The van der Waals surface area contributed by atoms with Crippen LogP contribution in [-0.2, 0) is 9.53 Å². The van der Waals surface area contributed by atoms with Crippen LogP contribution in [-0.4, -0.2) is 34.1 Å². The minimum absolute atomic E-state index is 0.121. The fourth-order valence-electron chi connectivity index (χ4n) is 3.48. The van der Waals surface area contributed by atoms with E-state index in [0.29, 0.717) is 22.6 Å². The summed E-state index contributed by atoms with van der Waals surface area (Å²) in [7, 11) is 0. The van der Waals surface area contributed by atoms with Crippen LogP contribution in [0.25, 0.3) is 5.69 Å². The van der Waals surface area contributed by atoms with Crippen molar-refractivity contribution in [2.75, 3.05) is 11.9 Å². The molecule has 162 valence electrons. The van der Waals surface area contributed by atoms with Crippen molar-refractivity contribution >= 4 is 29.1 Å². The molecule has 2 aromatic carbocycles. The molecule has 8 nitrogen and oxygen atoms in total. The number of ether oxygens (including phenoxy) is 1. The minimum Gasteiger partial charge on any atom is -0.462 e. The zero-order valence-corrected chi connectivity index (χ0v) is 18.0. The standard InChI is InChI=1S/C24H23N5O3/c1-4-32-24(31)21-15(2)26-19-12-8-9-13-20(19)27-22(21)28-23(30)18-14-25-29(16(18)3)17-10-6-5-7-11-17/h5-14,26H,4H2,1-3H3,(H,27,28,30). The zero-order chi connectivity index (χ0) is 22.7. The molecule has 0 bridgehead atoms. The van der Waals surface area contributed by atoms with Crippen molar-refractivity contribution < 1.29 is 14.3 Å². The fourth-order valence-corrected chi connectivity index (χ4v) is 3.48. The van der Waals surface area contributed by atoms with Gasteiger partial charge in [0.25, 0.3) is 5.91 Å². The van der Waals surface area contributed by atoms with E-state index in [2.05, 4.69) is 20.7 Å². The number of allylic oxidation sites excluding steroid dienone is 1. The summed E-state index contributed by atoms with van der Waals surface area (Å²) >= 11 is 0. The number of nitrogens with zero attached hydrogens (tertiary/aromatic N) is 3. The number of benzene rings is 2. The first-order valence-corrected chi connectivity index (χ1v) is 10.2. The Kier molecular flexibility index (Phi) is 5.85. The molecule has 3 aromatic rings. The van der Waals surface area contributed by atoms with E-state index in [0.717, 1.165) is 11.4 Å². The molecule has 0 saturated carbocycles. The first-order chi connectivity index (χ1) is 15.5. The number of hydrogen-bond donors (Lipinski definition) is 2. The van der Waals surface area contributed by atoms with Crippen molar-refractivity contribution in [3.05, 3.63) is 83.3 Å². The number of fused-ring (bicyclic) bond motifs is 1. The van der Waals surface area contributed by atoms with Gasteiger partial charge in [-0.2, -0.15) is 5.10 Å². The van der Waals surface area contributed by atoms with Crippen LogP contribution in [0.3, 0.4) is 0 Å². The molecule has 0 radical (unpaired) electrons. The summed E-state index contributed by atoms with van der Waals surface area (Å²) in [6.07, 6.45) is 1.50. The van der Waals surface area contributed by atoms with Gasteiger partial charge in [0.15, 0.2) is 0 Å². The van der Waals surface area contributed by atoms with Crippen LogP contribution in [0.4, 0.5) is 11.4 Å². The summed E-state index contributed by atoms with van der Waals surface area (Å²) in [5, 5.41) is 10.3. The Hall–Kier alpha value is -4.20. The number of esters is 1. The fraction of sp³-hybridized carbons (Fsp3) is 0.167. The number of amidine groups is 1. The average molecular weight is 429 g/mol. The highest BCUT2D eigenvalue weighted by Crippen LogP contribution is 2.30. The number of para-hydroxylation sites is 3. The topological polar surface area (TPSA) is 97.6 Å². The summed E-state index contributed by atoms with van der Waals surface area (Å²) in [6.45, 7) is 5.48. The first kappa shape index (κ1) is 21.0. The number of rotatable bonds is 4. The first-order valence-electron chi connectivity index (χ1n) is 10.2. The number of carbonyl (C=O) groups excluding carboxylic acids is 2. The molecule has 1 aliphatic rings. The molecule has 1 aromatic heterocycles. The molecule has 0 saturated heterocycles. The lowest BCUT2D eigenvalue weighted by Crippen LogP contribution is -2.35. The van der Waals surface area contributed by atoms with E-state index < -0.39 is 11.9 Å². The Bertz CT molecular complexity index is 1240. The van der Waals surface area contributed by atoms with Crippen LogP contribution < -0.4 is 10.6 Å². The van der Waals surface area contributed by atoms with E-state index >= 15 is 0 Å². The van der Waals surface area contributed by atoms with Crippen LogP contribution in [0.2, 0.25) is 0 Å². The molecule has 0 fully saturated rings. The molecule has 0 spiro atoms. The second-order valence-corrected chi connectivity index (χ2v) is 7.17. The maximum atomic E-state index is 13.2. The monoisotopic (exact) mass is 429 g/mol. The molecule has 32 heavy (non-hydrogen) atoms. The van der Waals surface area contributed by atoms with Gasteiger partial charge in [0.1, 0.15) is 11.4 Å². The number of carbonyl (C=O) groups is 2. The molecule has 0 aliphatic carbocycles. The smallest absolute Gasteiger partial charge is 0.343 e. The number of anilines is 1. The summed E-state index contributed by atoms with van der Waals surface area (Å²) in [6, 6.07) is 16.9. The maximum absolute atomic E-state index is 13.2. The van der Waals surface area contributed by atoms with Crippen molar-refractivity contribution in [1.82, 2.24) is 15.1 Å². The number of aliphatic imine (C=N–C) groups is 1. The van der Waals surface area contributed by atoms with E-state index in [-0.39, 0.29) is 18.0 Å². The Balaban J connectivity index is 1.71. The molecule has 0 unspecified atom stereocenters. The van der Waals surface area contributed by atoms with Crippen LogP contribution in [0.1, 0.15) is 29.9 Å². The van der Waals surface area contributed by atoms with Gasteiger partial charge in [-0.3, -0.25) is 4.79 Å². The van der Waals surface area contributed by atoms with Crippen LogP contribution in [0, 0.1) is 6.92 Å². The normalized spacial score (nSPS) is 12.9. The van der Waals surface area contributed by atoms with Crippen LogP contribution in [0.15, 0.2) is 77.1 Å². The second kappa shape index (κ2) is 8.89. The summed E-state index contributed by atoms with van der Waals surface area (Å²) in [4.78, 5) is 30.5. The van der Waals surface area contributed by atoms with Crippen molar-refractivity contribution in [3.63, 3.8) is 0 Å². The van der Waals surface area contributed by atoms with Gasteiger partial charge >= 0.3 is 5.97 Å². The highest BCUT2D eigenvalue weighted by Gasteiger charge is 2.27. The largest absolute Gasteiger partial charge is 0.462 e. The van der Waals surface area contributed by atoms with E-state index in [1.165, 1.54) is 6.20 Å². The molecule has 0 atom stereocenters. The maximum Gasteiger partial charge on any atom is 0.343 e. The molecule has 2 heterocycles. The molecular formula is C24H23N5O3. The third-order valence-corrected chi connectivity index (χ3v) is 5.04.